The lowest BCUT2D eigenvalue weighted by Crippen LogP contribution is -2.19. The van der Waals surface area contributed by atoms with Crippen LogP contribution in [-0.2, 0) is 6.54 Å². The summed E-state index contributed by atoms with van der Waals surface area (Å²) in [6.45, 7) is 7.98. The number of halogens is 1. The molecule has 0 atom stereocenters. The van der Waals surface area contributed by atoms with Crippen molar-refractivity contribution in [3.63, 3.8) is 0 Å². The molecule has 19 heavy (non-hydrogen) atoms. The van der Waals surface area contributed by atoms with Gasteiger partial charge in [0.1, 0.15) is 11.6 Å². The lowest BCUT2D eigenvalue weighted by molar-refractivity contribution is 0.549. The maximum atomic E-state index is 13.1. The average Bonchev–Trinajstić information content (AvgIpc) is 2.77. The van der Waals surface area contributed by atoms with E-state index in [1.807, 2.05) is 13.1 Å². The van der Waals surface area contributed by atoms with E-state index in [0.717, 1.165) is 35.7 Å². The number of H-pyrrole nitrogens is 1. The molecule has 0 spiro atoms. The summed E-state index contributed by atoms with van der Waals surface area (Å²) in [7, 11) is 0. The van der Waals surface area contributed by atoms with Crippen LogP contribution in [0.4, 0.5) is 4.39 Å². The van der Waals surface area contributed by atoms with Gasteiger partial charge in [-0.25, -0.2) is 9.37 Å². The second-order valence-electron chi connectivity index (χ2n) is 5.24. The summed E-state index contributed by atoms with van der Waals surface area (Å²) >= 11 is 0. The van der Waals surface area contributed by atoms with Crippen molar-refractivity contribution < 1.29 is 4.39 Å². The second kappa shape index (κ2) is 5.97. The highest BCUT2D eigenvalue weighted by atomic mass is 19.1. The molecule has 2 N–H and O–H groups in total. The van der Waals surface area contributed by atoms with E-state index < -0.39 is 0 Å². The van der Waals surface area contributed by atoms with Gasteiger partial charge in [0.05, 0.1) is 0 Å². The van der Waals surface area contributed by atoms with Gasteiger partial charge in [0.25, 0.3) is 0 Å². The fourth-order valence-electron chi connectivity index (χ4n) is 1.97. The molecule has 0 unspecified atom stereocenters. The molecule has 1 heterocycles. The minimum atomic E-state index is -0.216. The predicted molar refractivity (Wildman–Crippen MR) is 75.3 cm³/mol. The summed E-state index contributed by atoms with van der Waals surface area (Å²) < 4.78 is 13.1. The Balaban J connectivity index is 2.08. The van der Waals surface area contributed by atoms with Gasteiger partial charge in [-0.3, -0.25) is 0 Å². The highest BCUT2D eigenvalue weighted by Crippen LogP contribution is 2.21. The number of nitrogens with one attached hydrogen (secondary N) is 2. The predicted octanol–water partition coefficient (Wildman–Crippen LogP) is 3.27. The van der Waals surface area contributed by atoms with Gasteiger partial charge >= 0.3 is 0 Å². The summed E-state index contributed by atoms with van der Waals surface area (Å²) in [5, 5.41) is 3.36. The Morgan fingerprint density at radius 2 is 2.16 bits per heavy atom. The van der Waals surface area contributed by atoms with Crippen molar-refractivity contribution in [3.8, 4) is 11.4 Å². The van der Waals surface area contributed by atoms with Crippen LogP contribution >= 0.6 is 0 Å². The molecule has 1 aromatic carbocycles. The van der Waals surface area contributed by atoms with Crippen LogP contribution in [0.5, 0.6) is 0 Å². The van der Waals surface area contributed by atoms with E-state index in [4.69, 9.17) is 0 Å². The Kier molecular flexibility index (Phi) is 4.32. The molecule has 0 amide bonds. The molecule has 102 valence electrons. The van der Waals surface area contributed by atoms with E-state index in [9.17, 15) is 4.39 Å². The van der Waals surface area contributed by atoms with Crippen molar-refractivity contribution in [2.75, 3.05) is 6.54 Å². The van der Waals surface area contributed by atoms with Crippen molar-refractivity contribution in [2.24, 2.45) is 5.92 Å². The molecular formula is C15H20FN3. The largest absolute Gasteiger partial charge is 0.341 e. The van der Waals surface area contributed by atoms with Crippen LogP contribution in [0, 0.1) is 18.7 Å². The van der Waals surface area contributed by atoms with E-state index in [2.05, 4.69) is 29.1 Å². The van der Waals surface area contributed by atoms with Crippen molar-refractivity contribution in [1.82, 2.24) is 15.3 Å². The zero-order chi connectivity index (χ0) is 13.8. The fraction of sp³-hybridized carbons (Fsp3) is 0.400. The molecule has 1 aromatic heterocycles. The van der Waals surface area contributed by atoms with Crippen molar-refractivity contribution in [3.05, 3.63) is 41.5 Å². The SMILES string of the molecule is Cc1cc(F)ccc1-c1ncc(CNCC(C)C)[nH]1. The molecule has 4 heteroatoms. The maximum absolute atomic E-state index is 13.1. The van der Waals surface area contributed by atoms with Crippen LogP contribution < -0.4 is 5.32 Å². The third-order valence-electron chi connectivity index (χ3n) is 2.94. The minimum Gasteiger partial charge on any atom is -0.341 e. The van der Waals surface area contributed by atoms with Crippen LogP contribution in [0.25, 0.3) is 11.4 Å². The Morgan fingerprint density at radius 3 is 2.84 bits per heavy atom. The lowest BCUT2D eigenvalue weighted by Gasteiger charge is -2.05. The monoisotopic (exact) mass is 261 g/mol. The summed E-state index contributed by atoms with van der Waals surface area (Å²) in [6.07, 6.45) is 1.82. The third kappa shape index (κ3) is 3.64. The normalized spacial score (nSPS) is 11.2. The maximum Gasteiger partial charge on any atom is 0.137 e. The number of aromatic amines is 1. The van der Waals surface area contributed by atoms with Crippen LogP contribution in [0.15, 0.2) is 24.4 Å². The lowest BCUT2D eigenvalue weighted by atomic mass is 10.1. The van der Waals surface area contributed by atoms with Gasteiger partial charge in [-0.1, -0.05) is 13.8 Å². The van der Waals surface area contributed by atoms with Crippen LogP contribution in [0.2, 0.25) is 0 Å². The highest BCUT2D eigenvalue weighted by Gasteiger charge is 2.07. The standard InChI is InChI=1S/C15H20FN3/c1-10(2)7-17-8-13-9-18-15(19-13)14-5-4-12(16)6-11(14)3/h4-6,9-10,17H,7-8H2,1-3H3,(H,18,19). The van der Waals surface area contributed by atoms with E-state index >= 15 is 0 Å². The number of aryl methyl sites for hydroxylation is 1. The first-order valence-electron chi connectivity index (χ1n) is 6.57. The molecule has 0 aliphatic heterocycles. The van der Waals surface area contributed by atoms with Crippen LogP contribution in [-0.4, -0.2) is 16.5 Å². The smallest absolute Gasteiger partial charge is 0.137 e. The molecule has 0 bridgehead atoms. The molecule has 3 nitrogen and oxygen atoms in total. The summed E-state index contributed by atoms with van der Waals surface area (Å²) in [4.78, 5) is 7.62. The Morgan fingerprint density at radius 1 is 1.37 bits per heavy atom. The zero-order valence-corrected chi connectivity index (χ0v) is 11.6. The number of imidazole rings is 1. The van der Waals surface area contributed by atoms with Crippen molar-refractivity contribution in [2.45, 2.75) is 27.3 Å². The van der Waals surface area contributed by atoms with Crippen molar-refractivity contribution >= 4 is 0 Å². The minimum absolute atomic E-state index is 0.216. The molecular weight excluding hydrogens is 241 g/mol. The third-order valence-corrected chi connectivity index (χ3v) is 2.94. The number of benzene rings is 1. The van der Waals surface area contributed by atoms with Crippen LogP contribution in [0.3, 0.4) is 0 Å². The first kappa shape index (κ1) is 13.7. The zero-order valence-electron chi connectivity index (χ0n) is 11.6. The Hall–Kier alpha value is -1.68. The molecule has 0 fully saturated rings. The van der Waals surface area contributed by atoms with Gasteiger partial charge < -0.3 is 10.3 Å². The first-order chi connectivity index (χ1) is 9.06. The van der Waals surface area contributed by atoms with Gasteiger partial charge in [-0.05, 0) is 43.1 Å². The quantitative estimate of drug-likeness (QED) is 0.867. The molecule has 0 aliphatic carbocycles. The summed E-state index contributed by atoms with van der Waals surface area (Å²) in [5.74, 6) is 1.20. The van der Waals surface area contributed by atoms with Crippen LogP contribution in [0.1, 0.15) is 25.1 Å². The molecule has 0 saturated carbocycles. The van der Waals surface area contributed by atoms with E-state index in [1.54, 1.807) is 6.07 Å². The van der Waals surface area contributed by atoms with E-state index in [1.165, 1.54) is 12.1 Å². The average molecular weight is 261 g/mol. The van der Waals surface area contributed by atoms with Gasteiger partial charge in [0.15, 0.2) is 0 Å². The van der Waals surface area contributed by atoms with Crippen molar-refractivity contribution in [1.29, 1.82) is 0 Å². The number of nitrogens with zero attached hydrogens (tertiary/aromatic N) is 1. The molecule has 2 rings (SSSR count). The number of aromatic nitrogens is 2. The molecule has 0 saturated heterocycles. The molecule has 0 aliphatic rings. The first-order valence-corrected chi connectivity index (χ1v) is 6.57. The van der Waals surface area contributed by atoms with Gasteiger partial charge in [0, 0.05) is 24.0 Å². The molecule has 0 radical (unpaired) electrons. The number of hydrogen-bond acceptors (Lipinski definition) is 2. The van der Waals surface area contributed by atoms with Gasteiger partial charge in [-0.15, -0.1) is 0 Å². The van der Waals surface area contributed by atoms with Gasteiger partial charge in [0.2, 0.25) is 0 Å². The second-order valence-corrected chi connectivity index (χ2v) is 5.24. The Bertz CT molecular complexity index is 546. The van der Waals surface area contributed by atoms with E-state index in [-0.39, 0.29) is 5.82 Å². The van der Waals surface area contributed by atoms with Gasteiger partial charge in [-0.2, -0.15) is 0 Å². The highest BCUT2D eigenvalue weighted by molar-refractivity contribution is 5.60. The number of rotatable bonds is 5. The summed E-state index contributed by atoms with van der Waals surface area (Å²) in [5.41, 5.74) is 2.87. The fourth-order valence-corrected chi connectivity index (χ4v) is 1.97. The Labute approximate surface area is 113 Å². The topological polar surface area (TPSA) is 40.7 Å². The van der Waals surface area contributed by atoms with E-state index in [0.29, 0.717) is 5.92 Å². The molecule has 2 aromatic rings. The number of hydrogen-bond donors (Lipinski definition) is 2. The summed E-state index contributed by atoms with van der Waals surface area (Å²) in [6, 6.07) is 4.74.